The van der Waals surface area contributed by atoms with Crippen LogP contribution in [-0.4, -0.2) is 16.7 Å². The lowest BCUT2D eigenvalue weighted by Crippen LogP contribution is -2.15. The molecular weight excluding hydrogens is 317 g/mol. The number of rotatable bonds is 5. The van der Waals surface area contributed by atoms with Gasteiger partial charge in [-0.25, -0.2) is 4.39 Å². The molecule has 8 heteroatoms. The van der Waals surface area contributed by atoms with E-state index in [1.165, 1.54) is 6.92 Å². The first-order valence-electron chi connectivity index (χ1n) is 6.95. The summed E-state index contributed by atoms with van der Waals surface area (Å²) < 4.78 is 13.6. The Morgan fingerprint density at radius 1 is 1.12 bits per heavy atom. The monoisotopic (exact) mass is 331 g/mol. The SMILES string of the molecule is CC(=O)Nc1ccc(CC(=O)Nc2cc([N+](=O)[O-])ccc2F)cc1. The second-order valence-corrected chi connectivity index (χ2v) is 5.02. The number of carbonyl (C=O) groups is 2. The molecule has 0 saturated heterocycles. The minimum Gasteiger partial charge on any atom is -0.326 e. The second-order valence-electron chi connectivity index (χ2n) is 5.02. The summed E-state index contributed by atoms with van der Waals surface area (Å²) in [5.41, 5.74) is 0.680. The van der Waals surface area contributed by atoms with Crippen LogP contribution in [0.3, 0.4) is 0 Å². The number of hydrogen-bond donors (Lipinski definition) is 2. The number of amides is 2. The Hall–Kier alpha value is -3.29. The van der Waals surface area contributed by atoms with Gasteiger partial charge in [0.05, 0.1) is 17.0 Å². The zero-order valence-corrected chi connectivity index (χ0v) is 12.7. The quantitative estimate of drug-likeness (QED) is 0.649. The highest BCUT2D eigenvalue weighted by Crippen LogP contribution is 2.21. The van der Waals surface area contributed by atoms with Gasteiger partial charge >= 0.3 is 0 Å². The van der Waals surface area contributed by atoms with Crippen LogP contribution in [-0.2, 0) is 16.0 Å². The number of nitro groups is 1. The van der Waals surface area contributed by atoms with Gasteiger partial charge in [-0.05, 0) is 23.8 Å². The van der Waals surface area contributed by atoms with E-state index in [0.29, 0.717) is 11.3 Å². The van der Waals surface area contributed by atoms with Crippen LogP contribution in [0.25, 0.3) is 0 Å². The normalized spacial score (nSPS) is 10.1. The second kappa shape index (κ2) is 7.32. The standard InChI is InChI=1S/C16H14FN3O4/c1-10(21)18-12-4-2-11(3-5-12)8-16(22)19-15-9-13(20(23)24)6-7-14(15)17/h2-7,9H,8H2,1H3,(H,18,21)(H,19,22). The van der Waals surface area contributed by atoms with Crippen LogP contribution in [0.2, 0.25) is 0 Å². The van der Waals surface area contributed by atoms with Crippen molar-refractivity contribution >= 4 is 28.9 Å². The topological polar surface area (TPSA) is 101 Å². The van der Waals surface area contributed by atoms with E-state index in [1.54, 1.807) is 24.3 Å². The van der Waals surface area contributed by atoms with Gasteiger partial charge in [0.1, 0.15) is 5.82 Å². The van der Waals surface area contributed by atoms with Crippen LogP contribution in [0.4, 0.5) is 21.5 Å². The van der Waals surface area contributed by atoms with Gasteiger partial charge in [0.2, 0.25) is 11.8 Å². The molecule has 124 valence electrons. The molecule has 0 unspecified atom stereocenters. The minimum absolute atomic E-state index is 0.0392. The van der Waals surface area contributed by atoms with Crippen LogP contribution in [0.5, 0.6) is 0 Å². The largest absolute Gasteiger partial charge is 0.326 e. The maximum atomic E-state index is 13.6. The molecule has 0 fully saturated rings. The zero-order valence-electron chi connectivity index (χ0n) is 12.7. The van der Waals surface area contributed by atoms with E-state index in [9.17, 15) is 24.1 Å². The molecule has 0 aliphatic heterocycles. The predicted molar refractivity (Wildman–Crippen MR) is 86.1 cm³/mol. The number of nitro benzene ring substituents is 1. The summed E-state index contributed by atoms with van der Waals surface area (Å²) >= 11 is 0. The van der Waals surface area contributed by atoms with Crippen LogP contribution in [0.15, 0.2) is 42.5 Å². The van der Waals surface area contributed by atoms with Gasteiger partial charge in [0.25, 0.3) is 5.69 Å². The average Bonchev–Trinajstić information content (AvgIpc) is 2.50. The molecule has 2 N–H and O–H groups in total. The molecule has 24 heavy (non-hydrogen) atoms. The number of carbonyl (C=O) groups excluding carboxylic acids is 2. The first kappa shape index (κ1) is 17.1. The fourth-order valence-corrected chi connectivity index (χ4v) is 2.01. The molecule has 0 aliphatic rings. The van der Waals surface area contributed by atoms with E-state index in [0.717, 1.165) is 18.2 Å². The van der Waals surface area contributed by atoms with Gasteiger partial charge in [-0.2, -0.15) is 0 Å². The van der Waals surface area contributed by atoms with Crippen LogP contribution >= 0.6 is 0 Å². The van der Waals surface area contributed by atoms with Crippen molar-refractivity contribution in [2.24, 2.45) is 0 Å². The third-order valence-corrected chi connectivity index (χ3v) is 3.07. The molecule has 7 nitrogen and oxygen atoms in total. The van der Waals surface area contributed by atoms with Crippen LogP contribution in [0.1, 0.15) is 12.5 Å². The Morgan fingerprint density at radius 2 is 1.79 bits per heavy atom. The third-order valence-electron chi connectivity index (χ3n) is 3.07. The summed E-state index contributed by atoms with van der Waals surface area (Å²) in [5.74, 6) is -1.47. The zero-order chi connectivity index (χ0) is 17.7. The Labute approximate surface area is 136 Å². The lowest BCUT2D eigenvalue weighted by Gasteiger charge is -2.07. The van der Waals surface area contributed by atoms with Crippen molar-refractivity contribution in [3.63, 3.8) is 0 Å². The summed E-state index contributed by atoms with van der Waals surface area (Å²) in [4.78, 5) is 32.9. The van der Waals surface area contributed by atoms with E-state index >= 15 is 0 Å². The molecular formula is C16H14FN3O4. The highest BCUT2D eigenvalue weighted by atomic mass is 19.1. The Balaban J connectivity index is 2.04. The number of benzene rings is 2. The smallest absolute Gasteiger partial charge is 0.271 e. The molecule has 0 spiro atoms. The van der Waals surface area contributed by atoms with Gasteiger partial charge in [-0.3, -0.25) is 19.7 Å². The first-order chi connectivity index (χ1) is 11.3. The highest BCUT2D eigenvalue weighted by Gasteiger charge is 2.13. The van der Waals surface area contributed by atoms with Crippen molar-refractivity contribution in [2.45, 2.75) is 13.3 Å². The van der Waals surface area contributed by atoms with Crippen molar-refractivity contribution < 1.29 is 18.9 Å². The number of non-ortho nitro benzene ring substituents is 1. The summed E-state index contributed by atoms with van der Waals surface area (Å²) in [6, 6.07) is 9.48. The third kappa shape index (κ3) is 4.60. The summed E-state index contributed by atoms with van der Waals surface area (Å²) in [7, 11) is 0. The van der Waals surface area contributed by atoms with E-state index in [4.69, 9.17) is 0 Å². The van der Waals surface area contributed by atoms with E-state index in [-0.39, 0.29) is 23.7 Å². The number of halogens is 1. The summed E-state index contributed by atoms with van der Waals surface area (Å²) in [6.07, 6.45) is -0.0392. The molecule has 2 rings (SSSR count). The molecule has 2 aromatic rings. The fourth-order valence-electron chi connectivity index (χ4n) is 2.01. The van der Waals surface area contributed by atoms with Gasteiger partial charge in [0, 0.05) is 24.7 Å². The molecule has 0 radical (unpaired) electrons. The predicted octanol–water partition coefficient (Wildman–Crippen LogP) is 2.87. The van der Waals surface area contributed by atoms with Crippen molar-refractivity contribution in [1.29, 1.82) is 0 Å². The van der Waals surface area contributed by atoms with Gasteiger partial charge in [0.15, 0.2) is 0 Å². The van der Waals surface area contributed by atoms with E-state index < -0.39 is 16.6 Å². The van der Waals surface area contributed by atoms with Crippen molar-refractivity contribution in [2.75, 3.05) is 10.6 Å². The van der Waals surface area contributed by atoms with E-state index in [2.05, 4.69) is 10.6 Å². The van der Waals surface area contributed by atoms with Crippen molar-refractivity contribution in [1.82, 2.24) is 0 Å². The number of anilines is 2. The molecule has 0 aliphatic carbocycles. The lowest BCUT2D eigenvalue weighted by molar-refractivity contribution is -0.384. The summed E-state index contributed by atoms with van der Waals surface area (Å²) in [5, 5.41) is 15.6. The Bertz CT molecular complexity index is 790. The summed E-state index contributed by atoms with van der Waals surface area (Å²) in [6.45, 7) is 1.38. The molecule has 0 aromatic heterocycles. The van der Waals surface area contributed by atoms with Gasteiger partial charge in [-0.1, -0.05) is 12.1 Å². The molecule has 0 heterocycles. The molecule has 0 atom stereocenters. The molecule has 2 aromatic carbocycles. The first-order valence-corrected chi connectivity index (χ1v) is 6.95. The number of nitrogens with one attached hydrogen (secondary N) is 2. The average molecular weight is 331 g/mol. The minimum atomic E-state index is -0.755. The van der Waals surface area contributed by atoms with Crippen LogP contribution in [0, 0.1) is 15.9 Å². The van der Waals surface area contributed by atoms with Gasteiger partial charge in [-0.15, -0.1) is 0 Å². The fraction of sp³-hybridized carbons (Fsp3) is 0.125. The highest BCUT2D eigenvalue weighted by molar-refractivity contribution is 5.93. The molecule has 0 saturated carbocycles. The lowest BCUT2D eigenvalue weighted by atomic mass is 10.1. The molecule has 2 amide bonds. The Morgan fingerprint density at radius 3 is 2.38 bits per heavy atom. The van der Waals surface area contributed by atoms with Crippen molar-refractivity contribution in [3.05, 3.63) is 64.0 Å². The van der Waals surface area contributed by atoms with Gasteiger partial charge < -0.3 is 10.6 Å². The van der Waals surface area contributed by atoms with Crippen molar-refractivity contribution in [3.8, 4) is 0 Å². The molecule has 0 bridgehead atoms. The maximum absolute atomic E-state index is 13.6. The Kier molecular flexibility index (Phi) is 5.20. The number of nitrogens with zero attached hydrogens (tertiary/aromatic N) is 1. The maximum Gasteiger partial charge on any atom is 0.271 e. The van der Waals surface area contributed by atoms with Crippen LogP contribution < -0.4 is 10.6 Å². The van der Waals surface area contributed by atoms with E-state index in [1.807, 2.05) is 0 Å². The number of hydrogen-bond acceptors (Lipinski definition) is 4.